The molecule has 0 aromatic heterocycles. The molecule has 0 spiro atoms. The largest absolute Gasteiger partial charge is 0.489 e. The van der Waals surface area contributed by atoms with Gasteiger partial charge in [-0.15, -0.1) is 0 Å². The highest BCUT2D eigenvalue weighted by atomic mass is 19.1. The van der Waals surface area contributed by atoms with Crippen molar-refractivity contribution in [2.24, 2.45) is 5.73 Å². The van der Waals surface area contributed by atoms with Crippen LogP contribution < -0.4 is 10.5 Å². The molecular weight excluding hydrogens is 200 g/mol. The molecule has 0 amide bonds. The van der Waals surface area contributed by atoms with Gasteiger partial charge in [-0.2, -0.15) is 0 Å². The SMILES string of the molecule is N[C@H]1CCC[C@@H]1Oc1cc(F)cc(F)c1. The minimum atomic E-state index is -0.628. The van der Waals surface area contributed by atoms with E-state index >= 15 is 0 Å². The van der Waals surface area contributed by atoms with Crippen LogP contribution in [0.1, 0.15) is 19.3 Å². The van der Waals surface area contributed by atoms with Crippen molar-refractivity contribution in [3.8, 4) is 5.75 Å². The van der Waals surface area contributed by atoms with E-state index in [0.717, 1.165) is 25.3 Å². The second kappa shape index (κ2) is 4.14. The Kier molecular flexibility index (Phi) is 2.86. The molecule has 0 unspecified atom stereocenters. The van der Waals surface area contributed by atoms with Gasteiger partial charge in [-0.3, -0.25) is 0 Å². The predicted molar refractivity (Wildman–Crippen MR) is 52.6 cm³/mol. The Morgan fingerprint density at radius 1 is 1.13 bits per heavy atom. The monoisotopic (exact) mass is 213 g/mol. The van der Waals surface area contributed by atoms with E-state index in [9.17, 15) is 8.78 Å². The molecular formula is C11H13F2NO. The summed E-state index contributed by atoms with van der Waals surface area (Å²) in [6.07, 6.45) is 2.64. The van der Waals surface area contributed by atoms with Crippen LogP contribution in [0.2, 0.25) is 0 Å². The van der Waals surface area contributed by atoms with E-state index in [1.54, 1.807) is 0 Å². The number of ether oxygens (including phenoxy) is 1. The molecule has 0 saturated heterocycles. The summed E-state index contributed by atoms with van der Waals surface area (Å²) in [5.74, 6) is -1.04. The van der Waals surface area contributed by atoms with Crippen molar-refractivity contribution in [1.29, 1.82) is 0 Å². The van der Waals surface area contributed by atoms with Crippen molar-refractivity contribution in [3.63, 3.8) is 0 Å². The van der Waals surface area contributed by atoms with Gasteiger partial charge >= 0.3 is 0 Å². The summed E-state index contributed by atoms with van der Waals surface area (Å²) in [5.41, 5.74) is 5.79. The lowest BCUT2D eigenvalue weighted by molar-refractivity contribution is 0.190. The maximum atomic E-state index is 12.8. The third kappa shape index (κ3) is 2.45. The van der Waals surface area contributed by atoms with Crippen molar-refractivity contribution >= 4 is 0 Å². The molecule has 2 atom stereocenters. The summed E-state index contributed by atoms with van der Waals surface area (Å²) in [4.78, 5) is 0. The van der Waals surface area contributed by atoms with Crippen molar-refractivity contribution < 1.29 is 13.5 Å². The minimum absolute atomic E-state index is 0.0312. The predicted octanol–water partition coefficient (Wildman–Crippen LogP) is 2.22. The van der Waals surface area contributed by atoms with Gasteiger partial charge in [0.25, 0.3) is 0 Å². The van der Waals surface area contributed by atoms with Gasteiger partial charge in [-0.05, 0) is 19.3 Å². The molecule has 0 heterocycles. The molecule has 1 aliphatic carbocycles. The van der Waals surface area contributed by atoms with Gasteiger partial charge in [-0.1, -0.05) is 0 Å². The molecule has 1 aliphatic rings. The number of hydrogen-bond acceptors (Lipinski definition) is 2. The average Bonchev–Trinajstić information content (AvgIpc) is 2.50. The smallest absolute Gasteiger partial charge is 0.129 e. The fraction of sp³-hybridized carbons (Fsp3) is 0.455. The fourth-order valence-electron chi connectivity index (χ4n) is 1.87. The normalized spacial score (nSPS) is 25.5. The zero-order chi connectivity index (χ0) is 10.8. The number of hydrogen-bond donors (Lipinski definition) is 1. The van der Waals surface area contributed by atoms with Gasteiger partial charge < -0.3 is 10.5 Å². The Balaban J connectivity index is 2.10. The first-order valence-corrected chi connectivity index (χ1v) is 5.03. The first-order valence-electron chi connectivity index (χ1n) is 5.03. The molecule has 2 nitrogen and oxygen atoms in total. The van der Waals surface area contributed by atoms with Crippen LogP contribution in [0.15, 0.2) is 18.2 Å². The summed E-state index contributed by atoms with van der Waals surface area (Å²) < 4.78 is 31.1. The maximum absolute atomic E-state index is 12.8. The van der Waals surface area contributed by atoms with E-state index in [4.69, 9.17) is 10.5 Å². The molecule has 2 rings (SSSR count). The Labute approximate surface area is 87.0 Å². The second-order valence-electron chi connectivity index (χ2n) is 3.86. The zero-order valence-corrected chi connectivity index (χ0v) is 8.25. The minimum Gasteiger partial charge on any atom is -0.489 e. The highest BCUT2D eigenvalue weighted by molar-refractivity contribution is 5.24. The first kappa shape index (κ1) is 10.4. The van der Waals surface area contributed by atoms with Crippen molar-refractivity contribution in [3.05, 3.63) is 29.8 Å². The third-order valence-electron chi connectivity index (χ3n) is 2.63. The zero-order valence-electron chi connectivity index (χ0n) is 8.25. The Bertz CT molecular complexity index is 336. The quantitative estimate of drug-likeness (QED) is 0.817. The Morgan fingerprint density at radius 3 is 2.33 bits per heavy atom. The van der Waals surface area contributed by atoms with E-state index in [0.29, 0.717) is 0 Å². The highest BCUT2D eigenvalue weighted by Crippen LogP contribution is 2.24. The van der Waals surface area contributed by atoms with Crippen LogP contribution in [0.3, 0.4) is 0 Å². The summed E-state index contributed by atoms with van der Waals surface area (Å²) >= 11 is 0. The van der Waals surface area contributed by atoms with E-state index in [1.807, 2.05) is 0 Å². The van der Waals surface area contributed by atoms with E-state index < -0.39 is 11.6 Å². The van der Waals surface area contributed by atoms with Crippen LogP contribution in [0.5, 0.6) is 5.75 Å². The molecule has 15 heavy (non-hydrogen) atoms. The molecule has 0 bridgehead atoms. The second-order valence-corrected chi connectivity index (χ2v) is 3.86. The van der Waals surface area contributed by atoms with E-state index in [2.05, 4.69) is 0 Å². The number of benzene rings is 1. The van der Waals surface area contributed by atoms with Crippen LogP contribution >= 0.6 is 0 Å². The summed E-state index contributed by atoms with van der Waals surface area (Å²) in [6.45, 7) is 0. The van der Waals surface area contributed by atoms with Crippen LogP contribution in [-0.2, 0) is 0 Å². The Hall–Kier alpha value is -1.16. The fourth-order valence-corrected chi connectivity index (χ4v) is 1.87. The van der Waals surface area contributed by atoms with Crippen LogP contribution in [-0.4, -0.2) is 12.1 Å². The lowest BCUT2D eigenvalue weighted by Crippen LogP contribution is -2.33. The maximum Gasteiger partial charge on any atom is 0.129 e. The highest BCUT2D eigenvalue weighted by Gasteiger charge is 2.25. The summed E-state index contributed by atoms with van der Waals surface area (Å²) in [5, 5.41) is 0. The molecule has 1 aromatic rings. The molecule has 4 heteroatoms. The van der Waals surface area contributed by atoms with Crippen molar-refractivity contribution in [2.75, 3.05) is 0 Å². The van der Waals surface area contributed by atoms with Crippen molar-refractivity contribution in [2.45, 2.75) is 31.4 Å². The number of nitrogens with two attached hydrogens (primary N) is 1. The lowest BCUT2D eigenvalue weighted by Gasteiger charge is -2.17. The summed E-state index contributed by atoms with van der Waals surface area (Å²) in [7, 11) is 0. The lowest BCUT2D eigenvalue weighted by atomic mass is 10.2. The third-order valence-corrected chi connectivity index (χ3v) is 2.63. The van der Waals surface area contributed by atoms with Gasteiger partial charge in [0.05, 0.1) is 0 Å². The van der Waals surface area contributed by atoms with Gasteiger partial charge in [0.15, 0.2) is 0 Å². The standard InChI is InChI=1S/C11H13F2NO/c12-7-4-8(13)6-9(5-7)15-11-3-1-2-10(11)14/h4-6,10-11H,1-3,14H2/t10-,11-/m0/s1. The van der Waals surface area contributed by atoms with Gasteiger partial charge in [0.2, 0.25) is 0 Å². The van der Waals surface area contributed by atoms with Crippen molar-refractivity contribution in [1.82, 2.24) is 0 Å². The van der Waals surface area contributed by atoms with Gasteiger partial charge in [0.1, 0.15) is 23.5 Å². The molecule has 82 valence electrons. The first-order chi connectivity index (χ1) is 7.15. The molecule has 1 fully saturated rings. The van der Waals surface area contributed by atoms with Gasteiger partial charge in [-0.25, -0.2) is 8.78 Å². The van der Waals surface area contributed by atoms with Crippen LogP contribution in [0.4, 0.5) is 8.78 Å². The Morgan fingerprint density at radius 2 is 1.80 bits per heavy atom. The van der Waals surface area contributed by atoms with Crippen LogP contribution in [0, 0.1) is 11.6 Å². The number of halogens is 2. The molecule has 1 aromatic carbocycles. The molecule has 0 aliphatic heterocycles. The average molecular weight is 213 g/mol. The molecule has 1 saturated carbocycles. The van der Waals surface area contributed by atoms with E-state index in [-0.39, 0.29) is 17.9 Å². The molecule has 2 N–H and O–H groups in total. The summed E-state index contributed by atoms with van der Waals surface area (Å²) in [6, 6.07) is 3.14. The van der Waals surface area contributed by atoms with Crippen LogP contribution in [0.25, 0.3) is 0 Å². The van der Waals surface area contributed by atoms with E-state index in [1.165, 1.54) is 12.1 Å². The van der Waals surface area contributed by atoms with Gasteiger partial charge in [0, 0.05) is 24.2 Å². The number of rotatable bonds is 2. The topological polar surface area (TPSA) is 35.2 Å². The molecule has 0 radical (unpaired) electrons.